The minimum absolute atomic E-state index is 0.0860. The van der Waals surface area contributed by atoms with Crippen LogP contribution in [0.15, 0.2) is 0 Å². The van der Waals surface area contributed by atoms with Crippen molar-refractivity contribution in [2.24, 2.45) is 0 Å². The van der Waals surface area contributed by atoms with E-state index in [0.29, 0.717) is 19.4 Å². The van der Waals surface area contributed by atoms with Crippen molar-refractivity contribution in [3.63, 3.8) is 0 Å². The molecule has 0 spiro atoms. The molecule has 0 rings (SSSR count). The van der Waals surface area contributed by atoms with Gasteiger partial charge >= 0.3 is 11.9 Å². The van der Waals surface area contributed by atoms with Gasteiger partial charge in [-0.15, -0.1) is 0 Å². The summed E-state index contributed by atoms with van der Waals surface area (Å²) in [6.45, 7) is 2.31. The monoisotopic (exact) mass is 498 g/mol. The number of hydrogen-bond donors (Lipinski definition) is 4. The van der Waals surface area contributed by atoms with Crippen LogP contribution >= 0.6 is 0 Å². The van der Waals surface area contributed by atoms with E-state index in [-0.39, 0.29) is 24.7 Å². The number of carbonyl (C=O) groups excluding carboxylic acids is 2. The molecule has 0 bridgehead atoms. The van der Waals surface area contributed by atoms with Gasteiger partial charge in [-0.2, -0.15) is 0 Å². The Kier molecular flexibility index (Phi) is 22.2. The predicted octanol–water partition coefficient (Wildman–Crippen LogP) is 5.58. The molecule has 8 nitrogen and oxygen atoms in total. The molecular weight excluding hydrogens is 448 g/mol. The van der Waals surface area contributed by atoms with Gasteiger partial charge in [0.25, 0.3) is 0 Å². The number of amides is 2. The van der Waals surface area contributed by atoms with E-state index < -0.39 is 18.0 Å². The Morgan fingerprint density at radius 2 is 0.971 bits per heavy atom. The molecule has 1 unspecified atom stereocenters. The molecule has 0 radical (unpaired) electrons. The summed E-state index contributed by atoms with van der Waals surface area (Å²) in [7, 11) is 0. The van der Waals surface area contributed by atoms with Gasteiger partial charge in [0, 0.05) is 25.8 Å². The van der Waals surface area contributed by atoms with E-state index in [0.717, 1.165) is 38.5 Å². The van der Waals surface area contributed by atoms with E-state index in [9.17, 15) is 24.3 Å². The third kappa shape index (κ3) is 23.4. The molecule has 8 heteroatoms. The number of carboxylic acid groups (broad SMARTS) is 2. The summed E-state index contributed by atoms with van der Waals surface area (Å²) in [6, 6.07) is -1.01. The average molecular weight is 499 g/mol. The molecule has 0 aliphatic heterocycles. The van der Waals surface area contributed by atoms with E-state index in [2.05, 4.69) is 10.6 Å². The molecule has 0 heterocycles. The maximum absolute atomic E-state index is 12.0. The van der Waals surface area contributed by atoms with Crippen LogP contribution in [0.25, 0.3) is 0 Å². The Bertz CT molecular complexity index is 582. The lowest BCUT2D eigenvalue weighted by Crippen LogP contribution is -2.41. The largest absolute Gasteiger partial charge is 0.481 e. The molecule has 0 aromatic heterocycles. The van der Waals surface area contributed by atoms with Crippen LogP contribution in [0, 0.1) is 0 Å². The van der Waals surface area contributed by atoms with Gasteiger partial charge in [0.1, 0.15) is 6.04 Å². The molecule has 0 aromatic carbocycles. The minimum Gasteiger partial charge on any atom is -0.481 e. The summed E-state index contributed by atoms with van der Waals surface area (Å²) < 4.78 is 0. The van der Waals surface area contributed by atoms with Gasteiger partial charge in [0.15, 0.2) is 0 Å². The predicted molar refractivity (Wildman–Crippen MR) is 138 cm³/mol. The second kappa shape index (κ2) is 23.6. The van der Waals surface area contributed by atoms with E-state index >= 15 is 0 Å². The maximum atomic E-state index is 12.0. The van der Waals surface area contributed by atoms with Crippen LogP contribution in [0.5, 0.6) is 0 Å². The number of hydrogen-bond acceptors (Lipinski definition) is 4. The van der Waals surface area contributed by atoms with Crippen molar-refractivity contribution in [3.8, 4) is 0 Å². The molecule has 0 aliphatic rings. The first kappa shape index (κ1) is 32.9. The van der Waals surface area contributed by atoms with Gasteiger partial charge in [0.05, 0.1) is 0 Å². The van der Waals surface area contributed by atoms with Crippen LogP contribution in [-0.2, 0) is 19.2 Å². The van der Waals surface area contributed by atoms with Crippen LogP contribution in [0.3, 0.4) is 0 Å². The summed E-state index contributed by atoms with van der Waals surface area (Å²) in [5.41, 5.74) is 0. The molecule has 35 heavy (non-hydrogen) atoms. The van der Waals surface area contributed by atoms with Gasteiger partial charge in [-0.05, 0) is 26.2 Å². The van der Waals surface area contributed by atoms with Crippen LogP contribution in [0.1, 0.15) is 135 Å². The number of nitrogens with one attached hydrogen (secondary N) is 2. The summed E-state index contributed by atoms with van der Waals surface area (Å²) in [5, 5.41) is 23.0. The van der Waals surface area contributed by atoms with E-state index in [1.54, 1.807) is 6.92 Å². The lowest BCUT2D eigenvalue weighted by molar-refractivity contribution is -0.142. The maximum Gasteiger partial charge on any atom is 0.326 e. The summed E-state index contributed by atoms with van der Waals surface area (Å²) in [4.78, 5) is 45.2. The van der Waals surface area contributed by atoms with Gasteiger partial charge in [-0.25, -0.2) is 4.79 Å². The van der Waals surface area contributed by atoms with E-state index in [1.807, 2.05) is 0 Å². The van der Waals surface area contributed by atoms with Crippen molar-refractivity contribution in [3.05, 3.63) is 0 Å². The Labute approximate surface area is 212 Å². The highest BCUT2D eigenvalue weighted by Crippen LogP contribution is 2.14. The zero-order valence-electron chi connectivity index (χ0n) is 22.0. The molecule has 2 amide bonds. The number of carboxylic acids is 2. The fraction of sp³-hybridized carbons (Fsp3) is 0.852. The highest BCUT2D eigenvalue weighted by Gasteiger charge is 2.20. The second-order valence-corrected chi connectivity index (χ2v) is 9.50. The van der Waals surface area contributed by atoms with Crippen molar-refractivity contribution in [2.45, 2.75) is 141 Å². The number of rotatable bonds is 25. The van der Waals surface area contributed by atoms with Crippen molar-refractivity contribution in [1.82, 2.24) is 10.6 Å². The SMILES string of the molecule is CCNC(=O)CCC(NC(=O)CCCCCCCCCCCCCCCCCCC(=O)O)C(=O)O. The smallest absolute Gasteiger partial charge is 0.326 e. The normalized spacial score (nSPS) is 11.7. The van der Waals surface area contributed by atoms with Gasteiger partial charge < -0.3 is 20.8 Å². The molecule has 0 fully saturated rings. The lowest BCUT2D eigenvalue weighted by atomic mass is 10.0. The highest BCUT2D eigenvalue weighted by molar-refractivity contribution is 5.84. The fourth-order valence-corrected chi connectivity index (χ4v) is 4.12. The Morgan fingerprint density at radius 1 is 0.571 bits per heavy atom. The Hall–Kier alpha value is -2.12. The zero-order valence-corrected chi connectivity index (χ0v) is 22.0. The fourth-order valence-electron chi connectivity index (χ4n) is 4.12. The molecule has 0 saturated carbocycles. The van der Waals surface area contributed by atoms with Gasteiger partial charge in [0.2, 0.25) is 11.8 Å². The first-order chi connectivity index (χ1) is 16.9. The number of carbonyl (C=O) groups is 4. The van der Waals surface area contributed by atoms with Crippen LogP contribution < -0.4 is 10.6 Å². The summed E-state index contributed by atoms with van der Waals surface area (Å²) >= 11 is 0. The van der Waals surface area contributed by atoms with Crippen molar-refractivity contribution in [1.29, 1.82) is 0 Å². The molecule has 0 aromatic rings. The van der Waals surface area contributed by atoms with Crippen LogP contribution in [-0.4, -0.2) is 46.6 Å². The zero-order chi connectivity index (χ0) is 26.2. The third-order valence-corrected chi connectivity index (χ3v) is 6.21. The van der Waals surface area contributed by atoms with Crippen molar-refractivity contribution >= 4 is 23.8 Å². The summed E-state index contributed by atoms with van der Waals surface area (Å²) in [5.74, 6) is -2.25. The first-order valence-electron chi connectivity index (χ1n) is 13.9. The standard InChI is InChI=1S/C27H50N2O6/c1-2-28-24(30)22-21-23(27(34)35)29-25(31)19-17-15-13-11-9-7-5-3-4-6-8-10-12-14-16-18-20-26(32)33/h23H,2-22H2,1H3,(H,28,30)(H,29,31)(H,32,33)(H,34,35). The minimum atomic E-state index is -1.10. The quantitative estimate of drug-likeness (QED) is 0.121. The summed E-state index contributed by atoms with van der Waals surface area (Å²) in [6.07, 6.45) is 19.2. The second-order valence-electron chi connectivity index (χ2n) is 9.50. The molecule has 4 N–H and O–H groups in total. The van der Waals surface area contributed by atoms with Crippen molar-refractivity contribution in [2.75, 3.05) is 6.54 Å². The third-order valence-electron chi connectivity index (χ3n) is 6.21. The average Bonchev–Trinajstić information content (AvgIpc) is 2.80. The number of unbranched alkanes of at least 4 members (excludes halogenated alkanes) is 15. The first-order valence-corrected chi connectivity index (χ1v) is 13.9. The van der Waals surface area contributed by atoms with Gasteiger partial charge in [-0.3, -0.25) is 14.4 Å². The number of aliphatic carboxylic acids is 2. The van der Waals surface area contributed by atoms with Crippen LogP contribution in [0.2, 0.25) is 0 Å². The van der Waals surface area contributed by atoms with Gasteiger partial charge in [-0.1, -0.05) is 89.9 Å². The van der Waals surface area contributed by atoms with Crippen molar-refractivity contribution < 1.29 is 29.4 Å². The Balaban J connectivity index is 3.47. The topological polar surface area (TPSA) is 133 Å². The van der Waals surface area contributed by atoms with E-state index in [4.69, 9.17) is 5.11 Å². The highest BCUT2D eigenvalue weighted by atomic mass is 16.4. The molecular formula is C27H50N2O6. The molecule has 0 aliphatic carbocycles. The molecule has 1 atom stereocenters. The van der Waals surface area contributed by atoms with E-state index in [1.165, 1.54) is 64.2 Å². The Morgan fingerprint density at radius 3 is 1.34 bits per heavy atom. The molecule has 204 valence electrons. The lowest BCUT2D eigenvalue weighted by Gasteiger charge is -2.14. The van der Waals surface area contributed by atoms with Crippen LogP contribution in [0.4, 0.5) is 0 Å². The molecule has 0 saturated heterocycles.